The van der Waals surface area contributed by atoms with Crippen molar-refractivity contribution in [2.45, 2.75) is 17.4 Å². The summed E-state index contributed by atoms with van der Waals surface area (Å²) in [7, 11) is -3.17. The van der Waals surface area contributed by atoms with Gasteiger partial charge in [-0.3, -0.25) is 4.39 Å². The molecule has 16 heavy (non-hydrogen) atoms. The number of nitrogens with two attached hydrogens (primary N) is 1. The number of rotatable bonds is 4. The maximum Gasteiger partial charge on any atom is 0.175 e. The quantitative estimate of drug-likeness (QED) is 0.906. The fourth-order valence-corrected chi connectivity index (χ4v) is 1.88. The fourth-order valence-electron chi connectivity index (χ4n) is 1.25. The van der Waals surface area contributed by atoms with Crippen LogP contribution in [-0.4, -0.2) is 21.3 Å². The normalized spacial score (nSPS) is 12.9. The number of benzene rings is 1. The molecule has 1 aromatic rings. The van der Waals surface area contributed by atoms with Gasteiger partial charge in [0.25, 0.3) is 0 Å². The lowest BCUT2D eigenvalue weighted by atomic mass is 10.1. The molecule has 0 aliphatic rings. The van der Waals surface area contributed by atoms with Crippen LogP contribution in [0.5, 0.6) is 0 Å². The van der Waals surface area contributed by atoms with Crippen LogP contribution in [0.4, 0.5) is 4.39 Å². The molecule has 0 bridgehead atoms. The van der Waals surface area contributed by atoms with Crippen molar-refractivity contribution >= 4 is 22.2 Å². The molecule has 3 nitrogen and oxygen atoms in total. The van der Waals surface area contributed by atoms with Crippen LogP contribution in [0, 0.1) is 0 Å². The third-order valence-corrected chi connectivity index (χ3v) is 3.28. The van der Waals surface area contributed by atoms with Gasteiger partial charge in [-0.15, -0.1) is 12.4 Å². The molecule has 0 aliphatic carbocycles. The monoisotopic (exact) mass is 267 g/mol. The Morgan fingerprint density at radius 3 is 2.19 bits per heavy atom. The molecule has 0 spiro atoms. The van der Waals surface area contributed by atoms with Gasteiger partial charge in [-0.2, -0.15) is 0 Å². The third-order valence-electron chi connectivity index (χ3n) is 2.16. The largest absolute Gasteiger partial charge is 0.324 e. The highest BCUT2D eigenvalue weighted by molar-refractivity contribution is 7.90. The van der Waals surface area contributed by atoms with E-state index < -0.39 is 16.5 Å². The molecule has 6 heteroatoms. The topological polar surface area (TPSA) is 60.2 Å². The average molecular weight is 268 g/mol. The summed E-state index contributed by atoms with van der Waals surface area (Å²) in [6.45, 7) is -0.477. The molecule has 0 fully saturated rings. The Hall–Kier alpha value is -0.650. The maximum absolute atomic E-state index is 12.0. The zero-order valence-electron chi connectivity index (χ0n) is 8.89. The number of hydrogen-bond donors (Lipinski definition) is 1. The average Bonchev–Trinajstić information content (AvgIpc) is 2.17. The Morgan fingerprint density at radius 2 is 1.81 bits per heavy atom. The van der Waals surface area contributed by atoms with Crippen LogP contribution in [-0.2, 0) is 9.84 Å². The van der Waals surface area contributed by atoms with Crippen LogP contribution in [0.3, 0.4) is 0 Å². The van der Waals surface area contributed by atoms with Crippen LogP contribution in [0.25, 0.3) is 0 Å². The van der Waals surface area contributed by atoms with Crippen LogP contribution in [0.2, 0.25) is 0 Å². The maximum atomic E-state index is 12.0. The molecule has 0 aliphatic heterocycles. The van der Waals surface area contributed by atoms with Gasteiger partial charge in [-0.05, 0) is 24.1 Å². The minimum atomic E-state index is -3.17. The smallest absolute Gasteiger partial charge is 0.175 e. The first-order valence-electron chi connectivity index (χ1n) is 4.56. The van der Waals surface area contributed by atoms with E-state index in [0.717, 1.165) is 11.8 Å². The van der Waals surface area contributed by atoms with Gasteiger partial charge in [0.1, 0.15) is 0 Å². The molecule has 2 N–H and O–H groups in total. The van der Waals surface area contributed by atoms with Gasteiger partial charge >= 0.3 is 0 Å². The lowest BCUT2D eigenvalue weighted by molar-refractivity contribution is 0.442. The standard InChI is InChI=1S/C10H14FNO2S.ClH/c1-15(13,14)9-4-2-8(3-5-9)10(12)6-7-11;/h2-5,10H,6-7,12H2,1H3;1H/t10-;/m0./s1. The van der Waals surface area contributed by atoms with Crippen molar-refractivity contribution < 1.29 is 12.8 Å². The first-order valence-corrected chi connectivity index (χ1v) is 6.46. The van der Waals surface area contributed by atoms with E-state index in [0.29, 0.717) is 0 Å². The van der Waals surface area contributed by atoms with E-state index in [9.17, 15) is 12.8 Å². The van der Waals surface area contributed by atoms with Gasteiger partial charge in [0.2, 0.25) is 0 Å². The molecule has 0 amide bonds. The predicted octanol–water partition coefficient (Wildman–Crippen LogP) is 1.87. The van der Waals surface area contributed by atoms with E-state index in [1.807, 2.05) is 0 Å². The van der Waals surface area contributed by atoms with E-state index in [1.54, 1.807) is 12.1 Å². The van der Waals surface area contributed by atoms with E-state index in [1.165, 1.54) is 12.1 Å². The summed E-state index contributed by atoms with van der Waals surface area (Å²) in [4.78, 5) is 0.249. The number of hydrogen-bond acceptors (Lipinski definition) is 3. The van der Waals surface area contributed by atoms with Crippen molar-refractivity contribution in [2.24, 2.45) is 5.73 Å². The van der Waals surface area contributed by atoms with Gasteiger partial charge in [0, 0.05) is 12.3 Å². The molecule has 1 rings (SSSR count). The molecule has 92 valence electrons. The van der Waals surface area contributed by atoms with Crippen LogP contribution in [0.1, 0.15) is 18.0 Å². The molecule has 0 saturated carbocycles. The molecule has 0 saturated heterocycles. The van der Waals surface area contributed by atoms with Gasteiger partial charge in [0.05, 0.1) is 11.6 Å². The number of alkyl halides is 1. The third kappa shape index (κ3) is 4.08. The highest BCUT2D eigenvalue weighted by Gasteiger charge is 2.09. The van der Waals surface area contributed by atoms with Gasteiger partial charge in [0.15, 0.2) is 9.84 Å². The van der Waals surface area contributed by atoms with Gasteiger partial charge in [-0.1, -0.05) is 12.1 Å². The summed E-state index contributed by atoms with van der Waals surface area (Å²) in [5.74, 6) is 0. The second-order valence-electron chi connectivity index (χ2n) is 3.43. The SMILES string of the molecule is CS(=O)(=O)c1ccc([C@@H](N)CCF)cc1.Cl. The van der Waals surface area contributed by atoms with Crippen molar-refractivity contribution in [3.63, 3.8) is 0 Å². The minimum Gasteiger partial charge on any atom is -0.324 e. The first kappa shape index (κ1) is 15.3. The molecular formula is C10H15ClFNO2S. The zero-order valence-corrected chi connectivity index (χ0v) is 10.5. The molecule has 1 aromatic carbocycles. The zero-order chi connectivity index (χ0) is 11.5. The molecular weight excluding hydrogens is 253 g/mol. The number of halogens is 2. The van der Waals surface area contributed by atoms with Crippen molar-refractivity contribution in [2.75, 3.05) is 12.9 Å². The summed E-state index contributed by atoms with van der Waals surface area (Å²) in [6, 6.07) is 5.85. The first-order chi connectivity index (χ1) is 6.95. The van der Waals surface area contributed by atoms with E-state index in [2.05, 4.69) is 0 Å². The summed E-state index contributed by atoms with van der Waals surface area (Å²) in [5.41, 5.74) is 6.43. The summed E-state index contributed by atoms with van der Waals surface area (Å²) in [5, 5.41) is 0. The van der Waals surface area contributed by atoms with Gasteiger partial charge in [-0.25, -0.2) is 8.42 Å². The number of sulfone groups is 1. The van der Waals surface area contributed by atoms with E-state index >= 15 is 0 Å². The Balaban J connectivity index is 0.00000225. The van der Waals surface area contributed by atoms with Crippen LogP contribution < -0.4 is 5.73 Å². The second kappa shape index (κ2) is 6.18. The molecule has 0 heterocycles. The lowest BCUT2D eigenvalue weighted by Gasteiger charge is -2.09. The van der Waals surface area contributed by atoms with Gasteiger partial charge < -0.3 is 5.73 Å². The lowest BCUT2D eigenvalue weighted by Crippen LogP contribution is -2.11. The predicted molar refractivity (Wildman–Crippen MR) is 64.3 cm³/mol. The van der Waals surface area contributed by atoms with Crippen molar-refractivity contribution in [1.82, 2.24) is 0 Å². The minimum absolute atomic E-state index is 0. The van der Waals surface area contributed by atoms with Crippen LogP contribution >= 0.6 is 12.4 Å². The summed E-state index contributed by atoms with van der Waals surface area (Å²) >= 11 is 0. The summed E-state index contributed by atoms with van der Waals surface area (Å²) < 4.78 is 34.3. The molecule has 0 unspecified atom stereocenters. The second-order valence-corrected chi connectivity index (χ2v) is 5.44. The fraction of sp³-hybridized carbons (Fsp3) is 0.400. The van der Waals surface area contributed by atoms with Crippen molar-refractivity contribution in [1.29, 1.82) is 0 Å². The van der Waals surface area contributed by atoms with Crippen molar-refractivity contribution in [3.8, 4) is 0 Å². The molecule has 0 radical (unpaired) electrons. The van der Waals surface area contributed by atoms with E-state index in [-0.39, 0.29) is 29.8 Å². The molecule has 1 atom stereocenters. The van der Waals surface area contributed by atoms with Crippen LogP contribution in [0.15, 0.2) is 29.2 Å². The molecule has 0 aromatic heterocycles. The van der Waals surface area contributed by atoms with Crippen molar-refractivity contribution in [3.05, 3.63) is 29.8 Å². The highest BCUT2D eigenvalue weighted by Crippen LogP contribution is 2.17. The highest BCUT2D eigenvalue weighted by atomic mass is 35.5. The Kier molecular flexibility index (Phi) is 5.92. The van der Waals surface area contributed by atoms with E-state index in [4.69, 9.17) is 5.73 Å². The Labute approximate surface area is 101 Å². The summed E-state index contributed by atoms with van der Waals surface area (Å²) in [6.07, 6.45) is 1.39. The Morgan fingerprint density at radius 1 is 1.31 bits per heavy atom. The Bertz CT molecular complexity index is 419.